The number of nitriles is 1. The fourth-order valence-electron chi connectivity index (χ4n) is 2.85. The molecule has 140 valence electrons. The minimum absolute atomic E-state index is 0.0843. The Morgan fingerprint density at radius 1 is 1.11 bits per heavy atom. The molecule has 1 amide bonds. The Kier molecular flexibility index (Phi) is 6.30. The lowest BCUT2D eigenvalue weighted by atomic mass is 10.0. The second-order valence-corrected chi connectivity index (χ2v) is 6.25. The number of ether oxygens (including phenoxy) is 1. The molecule has 0 fully saturated rings. The van der Waals surface area contributed by atoms with Gasteiger partial charge in [0.05, 0.1) is 0 Å². The van der Waals surface area contributed by atoms with Crippen molar-refractivity contribution in [1.29, 1.82) is 5.26 Å². The summed E-state index contributed by atoms with van der Waals surface area (Å²) in [5.74, 6) is -0.432. The molecule has 6 heteroatoms. The first-order valence-corrected chi connectivity index (χ1v) is 8.28. The molecular weight excluding hydrogens is 350 g/mol. The van der Waals surface area contributed by atoms with E-state index in [1.165, 1.54) is 6.08 Å². The highest BCUT2D eigenvalue weighted by Gasteiger charge is 2.14. The number of para-hydroxylation sites is 1. The van der Waals surface area contributed by atoms with E-state index in [0.717, 1.165) is 11.1 Å². The molecule has 4 nitrogen and oxygen atoms in total. The van der Waals surface area contributed by atoms with Gasteiger partial charge < -0.3 is 10.1 Å². The molecule has 2 aromatic carbocycles. The predicted octanol–water partition coefficient (Wildman–Crippen LogP) is 5.07. The summed E-state index contributed by atoms with van der Waals surface area (Å²) >= 11 is 0. The molecule has 27 heavy (non-hydrogen) atoms. The summed E-state index contributed by atoms with van der Waals surface area (Å²) in [7, 11) is 0. The van der Waals surface area contributed by atoms with Gasteiger partial charge in [-0.25, -0.2) is 0 Å². The number of benzene rings is 2. The fraction of sp³-hybridized carbons (Fsp3) is 0.238. The number of aryl methyl sites for hydroxylation is 4. The van der Waals surface area contributed by atoms with Crippen molar-refractivity contribution < 1.29 is 18.3 Å². The molecule has 0 aliphatic carbocycles. The SMILES string of the molecule is Cc1cccc(C)c1NC(=O)/C(C#N)=C/c1cc(C)c(OC(F)F)c(C)c1. The average Bonchev–Trinajstić information content (AvgIpc) is 2.59. The number of nitrogens with one attached hydrogen (secondary N) is 1. The van der Waals surface area contributed by atoms with Crippen LogP contribution in [0.15, 0.2) is 35.9 Å². The topological polar surface area (TPSA) is 62.1 Å². The van der Waals surface area contributed by atoms with Crippen LogP contribution in [-0.2, 0) is 4.79 Å². The molecule has 0 heterocycles. The molecule has 0 saturated carbocycles. The molecule has 2 aromatic rings. The standard InChI is InChI=1S/C21H20F2N2O2/c1-12-6-5-7-13(2)18(12)25-20(26)17(11-24)10-16-8-14(3)19(15(4)9-16)27-21(22)23/h5-10,21H,1-4H3,(H,25,26)/b17-10+. The molecule has 0 unspecified atom stereocenters. The molecule has 0 aliphatic heterocycles. The van der Waals surface area contributed by atoms with Crippen LogP contribution in [-0.4, -0.2) is 12.5 Å². The zero-order chi connectivity index (χ0) is 20.1. The van der Waals surface area contributed by atoms with Gasteiger partial charge in [-0.15, -0.1) is 0 Å². The zero-order valence-corrected chi connectivity index (χ0v) is 15.6. The van der Waals surface area contributed by atoms with Crippen LogP contribution in [0.1, 0.15) is 27.8 Å². The van der Waals surface area contributed by atoms with E-state index in [9.17, 15) is 18.8 Å². The van der Waals surface area contributed by atoms with Crippen LogP contribution in [0.4, 0.5) is 14.5 Å². The van der Waals surface area contributed by atoms with Crippen LogP contribution in [0.3, 0.4) is 0 Å². The average molecular weight is 370 g/mol. The van der Waals surface area contributed by atoms with Gasteiger partial charge in [0.2, 0.25) is 0 Å². The van der Waals surface area contributed by atoms with E-state index in [1.807, 2.05) is 38.1 Å². The summed E-state index contributed by atoms with van der Waals surface area (Å²) in [6, 6.07) is 10.7. The Labute approximate surface area is 157 Å². The van der Waals surface area contributed by atoms with Crippen molar-refractivity contribution in [3.8, 4) is 11.8 Å². The van der Waals surface area contributed by atoms with Crippen molar-refractivity contribution in [3.63, 3.8) is 0 Å². The molecule has 0 bridgehead atoms. The number of hydrogen-bond donors (Lipinski definition) is 1. The van der Waals surface area contributed by atoms with Crippen LogP contribution in [0.25, 0.3) is 6.08 Å². The lowest BCUT2D eigenvalue weighted by Gasteiger charge is -2.13. The van der Waals surface area contributed by atoms with Gasteiger partial charge in [-0.2, -0.15) is 14.0 Å². The maximum Gasteiger partial charge on any atom is 0.387 e. The van der Waals surface area contributed by atoms with E-state index in [4.69, 9.17) is 0 Å². The van der Waals surface area contributed by atoms with Gasteiger partial charge in [0, 0.05) is 5.69 Å². The van der Waals surface area contributed by atoms with Crippen molar-refractivity contribution in [1.82, 2.24) is 0 Å². The van der Waals surface area contributed by atoms with E-state index in [0.29, 0.717) is 22.4 Å². The summed E-state index contributed by atoms with van der Waals surface area (Å²) in [6.45, 7) is 4.08. The van der Waals surface area contributed by atoms with E-state index in [2.05, 4.69) is 10.1 Å². The van der Waals surface area contributed by atoms with E-state index in [1.54, 1.807) is 26.0 Å². The largest absolute Gasteiger partial charge is 0.434 e. The Hall–Kier alpha value is -3.20. The van der Waals surface area contributed by atoms with Crippen molar-refractivity contribution in [2.24, 2.45) is 0 Å². The molecule has 0 atom stereocenters. The van der Waals surface area contributed by atoms with Crippen LogP contribution in [0.5, 0.6) is 5.75 Å². The quantitative estimate of drug-likeness (QED) is 0.591. The Bertz CT molecular complexity index is 900. The zero-order valence-electron chi connectivity index (χ0n) is 15.6. The van der Waals surface area contributed by atoms with E-state index < -0.39 is 12.5 Å². The maximum atomic E-state index is 12.5. The minimum Gasteiger partial charge on any atom is -0.434 e. The van der Waals surface area contributed by atoms with Gasteiger partial charge >= 0.3 is 6.61 Å². The maximum absolute atomic E-state index is 12.5. The Morgan fingerprint density at radius 3 is 2.15 bits per heavy atom. The highest BCUT2D eigenvalue weighted by molar-refractivity contribution is 6.10. The third-order valence-corrected chi connectivity index (χ3v) is 4.09. The smallest absolute Gasteiger partial charge is 0.387 e. The lowest BCUT2D eigenvalue weighted by molar-refractivity contribution is -0.112. The fourth-order valence-corrected chi connectivity index (χ4v) is 2.85. The highest BCUT2D eigenvalue weighted by Crippen LogP contribution is 2.27. The van der Waals surface area contributed by atoms with Gasteiger partial charge in [-0.05, 0) is 73.7 Å². The second kappa shape index (κ2) is 8.45. The summed E-state index contributed by atoms with van der Waals surface area (Å²) in [4.78, 5) is 12.5. The number of carbonyl (C=O) groups is 1. The molecule has 2 rings (SSSR count). The van der Waals surface area contributed by atoms with Crippen LogP contribution in [0.2, 0.25) is 0 Å². The van der Waals surface area contributed by atoms with Gasteiger partial charge in [0.1, 0.15) is 17.4 Å². The number of nitrogens with zero attached hydrogens (tertiary/aromatic N) is 1. The molecule has 0 spiro atoms. The summed E-state index contributed by atoms with van der Waals surface area (Å²) in [6.07, 6.45) is 1.43. The molecule has 0 saturated heterocycles. The number of anilines is 1. The molecule has 1 N–H and O–H groups in total. The van der Waals surface area contributed by atoms with Gasteiger partial charge in [-0.3, -0.25) is 4.79 Å². The minimum atomic E-state index is -2.92. The number of amides is 1. The van der Waals surface area contributed by atoms with Gasteiger partial charge in [0.25, 0.3) is 5.91 Å². The van der Waals surface area contributed by atoms with Crippen molar-refractivity contribution in [2.75, 3.05) is 5.32 Å². The highest BCUT2D eigenvalue weighted by atomic mass is 19.3. The first-order chi connectivity index (χ1) is 12.7. The lowest BCUT2D eigenvalue weighted by Crippen LogP contribution is -2.15. The number of hydrogen-bond acceptors (Lipinski definition) is 3. The molecular formula is C21H20F2N2O2. The third kappa shape index (κ3) is 4.91. The monoisotopic (exact) mass is 370 g/mol. The van der Waals surface area contributed by atoms with Crippen LogP contribution < -0.4 is 10.1 Å². The van der Waals surface area contributed by atoms with Crippen LogP contribution in [0, 0.1) is 39.0 Å². The van der Waals surface area contributed by atoms with Crippen molar-refractivity contribution >= 4 is 17.7 Å². The number of alkyl halides is 2. The van der Waals surface area contributed by atoms with Crippen molar-refractivity contribution in [3.05, 3.63) is 63.7 Å². The second-order valence-electron chi connectivity index (χ2n) is 6.25. The van der Waals surface area contributed by atoms with E-state index in [-0.39, 0.29) is 11.3 Å². The van der Waals surface area contributed by atoms with Gasteiger partial charge in [0.15, 0.2) is 0 Å². The molecule has 0 aromatic heterocycles. The summed E-state index contributed by atoms with van der Waals surface area (Å²) < 4.78 is 29.5. The normalized spacial score (nSPS) is 11.3. The molecule has 0 radical (unpaired) electrons. The molecule has 0 aliphatic rings. The van der Waals surface area contributed by atoms with Crippen LogP contribution >= 0.6 is 0 Å². The first-order valence-electron chi connectivity index (χ1n) is 8.28. The Morgan fingerprint density at radius 2 is 1.67 bits per heavy atom. The number of halogens is 2. The third-order valence-electron chi connectivity index (χ3n) is 4.09. The summed E-state index contributed by atoms with van der Waals surface area (Å²) in [5.41, 5.74) is 3.90. The van der Waals surface area contributed by atoms with E-state index >= 15 is 0 Å². The first kappa shape index (κ1) is 20.1. The summed E-state index contributed by atoms with van der Waals surface area (Å²) in [5, 5.41) is 12.1. The number of carbonyl (C=O) groups excluding carboxylic acids is 1. The number of rotatable bonds is 5. The predicted molar refractivity (Wildman–Crippen MR) is 101 cm³/mol. The Balaban J connectivity index is 2.33. The van der Waals surface area contributed by atoms with Crippen molar-refractivity contribution in [2.45, 2.75) is 34.3 Å². The van der Waals surface area contributed by atoms with Gasteiger partial charge in [-0.1, -0.05) is 18.2 Å².